The van der Waals surface area contributed by atoms with Crippen molar-refractivity contribution in [3.63, 3.8) is 0 Å². The van der Waals surface area contributed by atoms with Crippen LogP contribution in [0.1, 0.15) is 48.3 Å². The lowest BCUT2D eigenvalue weighted by Gasteiger charge is -2.22. The van der Waals surface area contributed by atoms with Crippen LogP contribution in [-0.4, -0.2) is 18.2 Å². The van der Waals surface area contributed by atoms with E-state index in [1.807, 2.05) is 42.5 Å². The number of nitrogens with zero attached hydrogens (tertiary/aromatic N) is 1. The van der Waals surface area contributed by atoms with E-state index in [-0.39, 0.29) is 17.8 Å². The van der Waals surface area contributed by atoms with Crippen molar-refractivity contribution in [1.82, 2.24) is 4.98 Å². The Morgan fingerprint density at radius 1 is 1.00 bits per heavy atom. The Bertz CT molecular complexity index is 939. The molecule has 1 aromatic heterocycles. The first-order valence-corrected chi connectivity index (χ1v) is 10.2. The summed E-state index contributed by atoms with van der Waals surface area (Å²) in [7, 11) is 1.65. The van der Waals surface area contributed by atoms with Gasteiger partial charge in [0.25, 0.3) is 0 Å². The summed E-state index contributed by atoms with van der Waals surface area (Å²) in [5, 5.41) is 0. The third kappa shape index (κ3) is 4.58. The van der Waals surface area contributed by atoms with Crippen LogP contribution >= 0.6 is 0 Å². The van der Waals surface area contributed by atoms with E-state index in [2.05, 4.69) is 4.98 Å². The number of methoxy groups -OCH3 is 1. The van der Waals surface area contributed by atoms with Gasteiger partial charge >= 0.3 is 0 Å². The molecule has 3 aromatic rings. The summed E-state index contributed by atoms with van der Waals surface area (Å²) in [4.78, 5) is 4.10. The highest BCUT2D eigenvalue weighted by molar-refractivity contribution is 5.47. The highest BCUT2D eigenvalue weighted by Crippen LogP contribution is 2.37. The van der Waals surface area contributed by atoms with Gasteiger partial charge in [0, 0.05) is 18.3 Å². The molecule has 1 atom stereocenters. The quantitative estimate of drug-likeness (QED) is 0.500. The monoisotopic (exact) mass is 391 g/mol. The minimum atomic E-state index is -0.194. The zero-order valence-corrected chi connectivity index (χ0v) is 16.7. The Labute approximate surface area is 171 Å². The minimum absolute atomic E-state index is 0.129. The number of ether oxygens (including phenoxy) is 2. The Morgan fingerprint density at radius 3 is 2.48 bits per heavy atom. The van der Waals surface area contributed by atoms with Gasteiger partial charge < -0.3 is 9.47 Å². The van der Waals surface area contributed by atoms with E-state index in [9.17, 15) is 4.39 Å². The normalized spacial score (nSPS) is 15.2. The zero-order chi connectivity index (χ0) is 20.1. The van der Waals surface area contributed by atoms with Crippen LogP contribution in [0.4, 0.5) is 4.39 Å². The molecule has 3 nitrogen and oxygen atoms in total. The molecule has 4 rings (SSSR count). The summed E-state index contributed by atoms with van der Waals surface area (Å²) in [6.07, 6.45) is 9.00. The van der Waals surface area contributed by atoms with Crippen LogP contribution in [0.2, 0.25) is 0 Å². The summed E-state index contributed by atoms with van der Waals surface area (Å²) in [6, 6.07) is 16.9. The topological polar surface area (TPSA) is 31.4 Å². The second-order valence-corrected chi connectivity index (χ2v) is 7.57. The SMILES string of the molecule is COc1ccc(C(Cc2ccncc2)c2ccccc2F)cc1OC1CCCC1. The predicted octanol–water partition coefficient (Wildman–Crippen LogP) is 5.93. The molecule has 0 spiro atoms. The average Bonchev–Trinajstić information content (AvgIpc) is 3.26. The first kappa shape index (κ1) is 19.4. The van der Waals surface area contributed by atoms with Crippen molar-refractivity contribution in [2.45, 2.75) is 44.1 Å². The maximum absolute atomic E-state index is 14.7. The Morgan fingerprint density at radius 2 is 1.76 bits per heavy atom. The van der Waals surface area contributed by atoms with Crippen molar-refractivity contribution in [2.75, 3.05) is 7.11 Å². The van der Waals surface area contributed by atoms with Gasteiger partial charge in [0.05, 0.1) is 13.2 Å². The van der Waals surface area contributed by atoms with Crippen molar-refractivity contribution in [1.29, 1.82) is 0 Å². The minimum Gasteiger partial charge on any atom is -0.493 e. The maximum Gasteiger partial charge on any atom is 0.161 e. The number of aromatic nitrogens is 1. The molecule has 1 fully saturated rings. The van der Waals surface area contributed by atoms with Gasteiger partial charge in [-0.05, 0) is 79.1 Å². The standard InChI is InChI=1S/C25H26FNO2/c1-28-24-11-10-19(17-25(24)29-20-6-2-3-7-20)22(16-18-12-14-27-15-13-18)21-8-4-5-9-23(21)26/h4-5,8-15,17,20,22H,2-3,6-7,16H2,1H3. The summed E-state index contributed by atoms with van der Waals surface area (Å²) in [5.74, 6) is 1.14. The molecular weight excluding hydrogens is 365 g/mol. The van der Waals surface area contributed by atoms with Gasteiger partial charge in [0.15, 0.2) is 11.5 Å². The second kappa shape index (κ2) is 9.08. The van der Waals surface area contributed by atoms with Crippen LogP contribution in [0.3, 0.4) is 0 Å². The smallest absolute Gasteiger partial charge is 0.161 e. The molecule has 1 aliphatic carbocycles. The van der Waals surface area contributed by atoms with Crippen molar-refractivity contribution in [2.24, 2.45) is 0 Å². The first-order chi connectivity index (χ1) is 14.2. The highest BCUT2D eigenvalue weighted by atomic mass is 19.1. The van der Waals surface area contributed by atoms with E-state index in [0.717, 1.165) is 35.5 Å². The molecule has 1 aliphatic rings. The van der Waals surface area contributed by atoms with E-state index >= 15 is 0 Å². The van der Waals surface area contributed by atoms with Gasteiger partial charge in [0.1, 0.15) is 5.82 Å². The van der Waals surface area contributed by atoms with E-state index < -0.39 is 0 Å². The predicted molar refractivity (Wildman–Crippen MR) is 112 cm³/mol. The third-order valence-electron chi connectivity index (χ3n) is 5.66. The van der Waals surface area contributed by atoms with Crippen LogP contribution in [0.15, 0.2) is 67.0 Å². The number of rotatable bonds is 7. The molecule has 1 heterocycles. The maximum atomic E-state index is 14.7. The largest absolute Gasteiger partial charge is 0.493 e. The lowest BCUT2D eigenvalue weighted by atomic mass is 9.85. The van der Waals surface area contributed by atoms with Crippen molar-refractivity contribution < 1.29 is 13.9 Å². The molecule has 0 amide bonds. The number of halogens is 1. The molecule has 4 heteroatoms. The molecule has 1 saturated carbocycles. The van der Waals surface area contributed by atoms with Crippen molar-refractivity contribution in [3.05, 3.63) is 89.5 Å². The number of hydrogen-bond acceptors (Lipinski definition) is 3. The molecule has 0 N–H and O–H groups in total. The van der Waals surface area contributed by atoms with Crippen molar-refractivity contribution >= 4 is 0 Å². The molecule has 2 aromatic carbocycles. The van der Waals surface area contributed by atoms with Gasteiger partial charge in [0.2, 0.25) is 0 Å². The number of benzene rings is 2. The molecular formula is C25H26FNO2. The Kier molecular flexibility index (Phi) is 6.09. The third-order valence-corrected chi connectivity index (χ3v) is 5.66. The van der Waals surface area contributed by atoms with Gasteiger partial charge in [-0.1, -0.05) is 24.3 Å². The summed E-state index contributed by atoms with van der Waals surface area (Å²) < 4.78 is 26.5. The molecule has 29 heavy (non-hydrogen) atoms. The highest BCUT2D eigenvalue weighted by Gasteiger charge is 2.23. The second-order valence-electron chi connectivity index (χ2n) is 7.57. The summed E-state index contributed by atoms with van der Waals surface area (Å²) >= 11 is 0. The van der Waals surface area contributed by atoms with Crippen LogP contribution in [-0.2, 0) is 6.42 Å². The fourth-order valence-electron chi connectivity index (χ4n) is 4.11. The van der Waals surface area contributed by atoms with E-state index in [1.165, 1.54) is 18.9 Å². The first-order valence-electron chi connectivity index (χ1n) is 10.2. The average molecular weight is 391 g/mol. The van der Waals surface area contributed by atoms with Crippen LogP contribution in [0.25, 0.3) is 0 Å². The Hall–Kier alpha value is -2.88. The van der Waals surface area contributed by atoms with E-state index in [4.69, 9.17) is 9.47 Å². The molecule has 0 aliphatic heterocycles. The van der Waals surface area contributed by atoms with Crippen LogP contribution in [0.5, 0.6) is 11.5 Å². The fourth-order valence-corrected chi connectivity index (χ4v) is 4.11. The number of hydrogen-bond donors (Lipinski definition) is 0. The molecule has 0 radical (unpaired) electrons. The molecule has 0 saturated heterocycles. The van der Waals surface area contributed by atoms with Gasteiger partial charge in [-0.2, -0.15) is 0 Å². The number of pyridine rings is 1. The zero-order valence-electron chi connectivity index (χ0n) is 16.7. The van der Waals surface area contributed by atoms with Crippen molar-refractivity contribution in [3.8, 4) is 11.5 Å². The summed E-state index contributed by atoms with van der Waals surface area (Å²) in [6.45, 7) is 0. The summed E-state index contributed by atoms with van der Waals surface area (Å²) in [5.41, 5.74) is 2.81. The van der Waals surface area contributed by atoms with Crippen LogP contribution in [0, 0.1) is 5.82 Å². The molecule has 1 unspecified atom stereocenters. The Balaban J connectivity index is 1.72. The van der Waals surface area contributed by atoms with E-state index in [0.29, 0.717) is 12.0 Å². The lowest BCUT2D eigenvalue weighted by molar-refractivity contribution is 0.200. The van der Waals surface area contributed by atoms with Gasteiger partial charge in [-0.25, -0.2) is 4.39 Å². The van der Waals surface area contributed by atoms with Gasteiger partial charge in [-0.15, -0.1) is 0 Å². The molecule has 150 valence electrons. The lowest BCUT2D eigenvalue weighted by Crippen LogP contribution is -2.13. The van der Waals surface area contributed by atoms with Gasteiger partial charge in [-0.3, -0.25) is 4.98 Å². The van der Waals surface area contributed by atoms with Crippen LogP contribution < -0.4 is 9.47 Å². The van der Waals surface area contributed by atoms with E-state index in [1.54, 1.807) is 25.6 Å². The molecule has 0 bridgehead atoms. The fraction of sp³-hybridized carbons (Fsp3) is 0.320.